The molecule has 1 heterocycles. The third kappa shape index (κ3) is 4.01. The molecule has 7 nitrogen and oxygen atoms in total. The van der Waals surface area contributed by atoms with E-state index in [1.54, 1.807) is 13.0 Å². The quantitative estimate of drug-likeness (QED) is 0.706. The highest BCUT2D eigenvalue weighted by atomic mass is 79.9. The van der Waals surface area contributed by atoms with Crippen LogP contribution >= 0.6 is 15.9 Å². The first-order valence-electron chi connectivity index (χ1n) is 8.29. The molecule has 2 aromatic carbocycles. The Morgan fingerprint density at radius 3 is 2.32 bits per heavy atom. The van der Waals surface area contributed by atoms with E-state index in [0.29, 0.717) is 17.0 Å². The minimum atomic E-state index is -3.79. The number of benzene rings is 2. The maximum atomic E-state index is 12.8. The maximum absolute atomic E-state index is 12.8. The van der Waals surface area contributed by atoms with Crippen LogP contribution in [-0.2, 0) is 14.8 Å². The molecule has 2 N–H and O–H groups in total. The Morgan fingerprint density at radius 2 is 1.79 bits per heavy atom. The second-order valence-corrected chi connectivity index (χ2v) is 8.92. The maximum Gasteiger partial charge on any atom is 0.280 e. The molecule has 0 saturated carbocycles. The van der Waals surface area contributed by atoms with Gasteiger partial charge in [0.1, 0.15) is 0 Å². The number of nitrogens with zero attached hydrogens (tertiary/aromatic N) is 3. The van der Waals surface area contributed by atoms with Crippen LogP contribution in [0.2, 0.25) is 0 Å². The van der Waals surface area contributed by atoms with Crippen LogP contribution in [0, 0.1) is 0 Å². The van der Waals surface area contributed by atoms with Gasteiger partial charge in [0, 0.05) is 18.6 Å². The van der Waals surface area contributed by atoms with E-state index in [1.807, 2.05) is 37.2 Å². The normalized spacial score (nSPS) is 15.9. The predicted octanol–water partition coefficient (Wildman–Crippen LogP) is 2.97. The lowest BCUT2D eigenvalue weighted by molar-refractivity contribution is -0.114. The van der Waals surface area contributed by atoms with Gasteiger partial charge in [0.25, 0.3) is 5.91 Å². The molecule has 0 bridgehead atoms. The third-order valence-corrected chi connectivity index (χ3v) is 5.80. The average molecular weight is 463 g/mol. The molecule has 0 saturated heterocycles. The fourth-order valence-electron chi connectivity index (χ4n) is 2.78. The summed E-state index contributed by atoms with van der Waals surface area (Å²) in [5.74, 6) is -0.284. The number of sulfonamides is 1. The fraction of sp³-hybridized carbons (Fsp3) is 0.158. The molecule has 9 heteroatoms. The Bertz CT molecular complexity index is 1110. The van der Waals surface area contributed by atoms with Gasteiger partial charge < -0.3 is 4.90 Å². The van der Waals surface area contributed by atoms with Crippen molar-refractivity contribution in [2.75, 3.05) is 24.0 Å². The summed E-state index contributed by atoms with van der Waals surface area (Å²) in [6, 6.07) is 11.5. The number of hydrazone groups is 1. The van der Waals surface area contributed by atoms with E-state index in [4.69, 9.17) is 5.14 Å². The van der Waals surface area contributed by atoms with Crippen molar-refractivity contribution in [2.45, 2.75) is 11.8 Å². The topological polar surface area (TPSA) is 96.1 Å². The highest BCUT2D eigenvalue weighted by molar-refractivity contribution is 9.10. The molecule has 0 aliphatic carbocycles. The van der Waals surface area contributed by atoms with Crippen molar-refractivity contribution in [3.8, 4) is 0 Å². The molecule has 3 rings (SSSR count). The molecule has 1 aliphatic rings. The van der Waals surface area contributed by atoms with E-state index < -0.39 is 10.0 Å². The summed E-state index contributed by atoms with van der Waals surface area (Å²) < 4.78 is 23.7. The highest BCUT2D eigenvalue weighted by Crippen LogP contribution is 2.29. The molecule has 0 fully saturated rings. The Hall–Kier alpha value is -2.49. The van der Waals surface area contributed by atoms with Crippen molar-refractivity contribution < 1.29 is 13.2 Å². The van der Waals surface area contributed by atoms with Crippen molar-refractivity contribution in [3.63, 3.8) is 0 Å². The van der Waals surface area contributed by atoms with Crippen molar-refractivity contribution in [3.05, 3.63) is 58.1 Å². The first-order chi connectivity index (χ1) is 13.1. The number of primary sulfonamides is 1. The monoisotopic (exact) mass is 462 g/mol. The van der Waals surface area contributed by atoms with Crippen LogP contribution in [0.15, 0.2) is 62.5 Å². The SMILES string of the molecule is CC1=NN(c2ccc(S(N)(=O)=O)cc2)C(=O)C1=Cc1ccc(N(C)C)c(Br)c1. The lowest BCUT2D eigenvalue weighted by Gasteiger charge is -2.15. The summed E-state index contributed by atoms with van der Waals surface area (Å²) in [5, 5.41) is 10.7. The standard InChI is InChI=1S/C19H19BrN4O3S/c1-12-16(10-13-4-9-18(23(2)3)17(20)11-13)19(25)24(22-12)14-5-7-15(8-6-14)28(21,26)27/h4-11H,1-3H3,(H2,21,26,27). The number of carbonyl (C=O) groups is 1. The number of halogens is 1. The van der Waals surface area contributed by atoms with Crippen LogP contribution in [0.25, 0.3) is 6.08 Å². The van der Waals surface area contributed by atoms with Gasteiger partial charge in [0.05, 0.1) is 27.6 Å². The lowest BCUT2D eigenvalue weighted by atomic mass is 10.1. The van der Waals surface area contributed by atoms with Crippen molar-refractivity contribution in [1.29, 1.82) is 0 Å². The number of amides is 1. The minimum Gasteiger partial charge on any atom is -0.377 e. The molecule has 1 aliphatic heterocycles. The Kier molecular flexibility index (Phi) is 5.42. The summed E-state index contributed by atoms with van der Waals surface area (Å²) in [5.41, 5.74) is 3.40. The molecule has 0 radical (unpaired) electrons. The Balaban J connectivity index is 1.91. The van der Waals surface area contributed by atoms with Gasteiger partial charge in [0.2, 0.25) is 10.0 Å². The summed E-state index contributed by atoms with van der Waals surface area (Å²) >= 11 is 3.54. The number of hydrogen-bond donors (Lipinski definition) is 1. The lowest BCUT2D eigenvalue weighted by Crippen LogP contribution is -2.21. The van der Waals surface area contributed by atoms with Crippen LogP contribution < -0.4 is 15.0 Å². The molecule has 1 amide bonds. The van der Waals surface area contributed by atoms with Gasteiger partial charge in [-0.25, -0.2) is 13.6 Å². The smallest absolute Gasteiger partial charge is 0.280 e. The summed E-state index contributed by atoms with van der Waals surface area (Å²) in [4.78, 5) is 14.8. The van der Waals surface area contributed by atoms with E-state index >= 15 is 0 Å². The molecule has 28 heavy (non-hydrogen) atoms. The van der Waals surface area contributed by atoms with Crippen LogP contribution in [0.4, 0.5) is 11.4 Å². The van der Waals surface area contributed by atoms with E-state index in [2.05, 4.69) is 21.0 Å². The zero-order valence-electron chi connectivity index (χ0n) is 15.5. The number of nitrogens with two attached hydrogens (primary N) is 1. The summed E-state index contributed by atoms with van der Waals surface area (Å²) in [6.07, 6.45) is 1.78. The zero-order valence-corrected chi connectivity index (χ0v) is 18.0. The van der Waals surface area contributed by atoms with Crippen molar-refractivity contribution in [2.24, 2.45) is 10.2 Å². The molecular weight excluding hydrogens is 444 g/mol. The van der Waals surface area contributed by atoms with E-state index in [0.717, 1.165) is 15.7 Å². The van der Waals surface area contributed by atoms with Gasteiger partial charge >= 0.3 is 0 Å². The van der Waals surface area contributed by atoms with E-state index in [9.17, 15) is 13.2 Å². The fourth-order valence-corrected chi connectivity index (χ4v) is 4.05. The molecule has 0 aromatic heterocycles. The van der Waals surface area contributed by atoms with Gasteiger partial charge in [-0.3, -0.25) is 4.79 Å². The number of rotatable bonds is 4. The second-order valence-electron chi connectivity index (χ2n) is 6.50. The van der Waals surface area contributed by atoms with Gasteiger partial charge in [-0.2, -0.15) is 10.1 Å². The van der Waals surface area contributed by atoms with Gasteiger partial charge in [-0.15, -0.1) is 0 Å². The molecular formula is C19H19BrN4O3S. The minimum absolute atomic E-state index is 0.0230. The van der Waals surface area contributed by atoms with Crippen LogP contribution in [-0.4, -0.2) is 34.1 Å². The van der Waals surface area contributed by atoms with Gasteiger partial charge in [0.15, 0.2) is 0 Å². The predicted molar refractivity (Wildman–Crippen MR) is 115 cm³/mol. The van der Waals surface area contributed by atoms with Crippen molar-refractivity contribution in [1.82, 2.24) is 0 Å². The summed E-state index contributed by atoms with van der Waals surface area (Å²) in [6.45, 7) is 1.76. The van der Waals surface area contributed by atoms with Gasteiger partial charge in [-0.05, 0) is 70.9 Å². The van der Waals surface area contributed by atoms with E-state index in [1.165, 1.54) is 29.3 Å². The number of carbonyl (C=O) groups excluding carboxylic acids is 1. The number of anilines is 2. The zero-order chi connectivity index (χ0) is 20.6. The molecule has 0 atom stereocenters. The Labute approximate surface area is 172 Å². The molecule has 146 valence electrons. The molecule has 0 spiro atoms. The van der Waals surface area contributed by atoms with Crippen LogP contribution in [0.1, 0.15) is 12.5 Å². The molecule has 0 unspecified atom stereocenters. The van der Waals surface area contributed by atoms with E-state index in [-0.39, 0.29) is 10.8 Å². The Morgan fingerprint density at radius 1 is 1.14 bits per heavy atom. The largest absolute Gasteiger partial charge is 0.377 e. The van der Waals surface area contributed by atoms with Crippen LogP contribution in [0.5, 0.6) is 0 Å². The molecule has 2 aromatic rings. The highest BCUT2D eigenvalue weighted by Gasteiger charge is 2.29. The first kappa shape index (κ1) is 20.2. The summed E-state index contributed by atoms with van der Waals surface area (Å²) in [7, 11) is 0.115. The second kappa shape index (κ2) is 7.50. The number of hydrogen-bond acceptors (Lipinski definition) is 5. The first-order valence-corrected chi connectivity index (χ1v) is 10.6. The van der Waals surface area contributed by atoms with Crippen LogP contribution in [0.3, 0.4) is 0 Å². The van der Waals surface area contributed by atoms with Gasteiger partial charge in [-0.1, -0.05) is 6.07 Å². The average Bonchev–Trinajstić information content (AvgIpc) is 2.89. The third-order valence-electron chi connectivity index (χ3n) is 4.24. The van der Waals surface area contributed by atoms with Crippen molar-refractivity contribution >= 4 is 55.0 Å².